The molecule has 0 aliphatic heterocycles. The van der Waals surface area contributed by atoms with Crippen LogP contribution in [0.2, 0.25) is 5.02 Å². The lowest BCUT2D eigenvalue weighted by Gasteiger charge is -2.13. The molecule has 184 valence electrons. The van der Waals surface area contributed by atoms with E-state index < -0.39 is 24.0 Å². The Hall–Kier alpha value is -3.85. The summed E-state index contributed by atoms with van der Waals surface area (Å²) in [6, 6.07) is 11.0. The van der Waals surface area contributed by atoms with Gasteiger partial charge in [-0.05, 0) is 68.8 Å². The predicted molar refractivity (Wildman–Crippen MR) is 131 cm³/mol. The number of nitrogens with zero attached hydrogens (tertiary/aromatic N) is 1. The minimum atomic E-state index is -1.19. The number of ether oxygens (including phenoxy) is 2. The highest BCUT2D eigenvalue weighted by atomic mass is 35.5. The van der Waals surface area contributed by atoms with Crippen LogP contribution in [-0.4, -0.2) is 48.1 Å². The minimum Gasteiger partial charge on any atom is -0.497 e. The van der Waals surface area contributed by atoms with E-state index in [0.29, 0.717) is 45.0 Å². The fourth-order valence-electron chi connectivity index (χ4n) is 3.65. The molecule has 0 spiro atoms. The zero-order valence-electron chi connectivity index (χ0n) is 19.8. The van der Waals surface area contributed by atoms with Crippen molar-refractivity contribution < 1.29 is 28.7 Å². The number of nitrogens with one attached hydrogen (secondary N) is 2. The second-order valence-electron chi connectivity index (χ2n) is 7.75. The molecule has 2 N–H and O–H groups in total. The molecule has 0 saturated heterocycles. The number of halogens is 1. The van der Waals surface area contributed by atoms with E-state index in [0.717, 1.165) is 0 Å². The number of aromatic nitrogens is 1. The van der Waals surface area contributed by atoms with E-state index in [-0.39, 0.29) is 12.3 Å². The van der Waals surface area contributed by atoms with Crippen molar-refractivity contribution in [2.45, 2.75) is 33.3 Å². The Kier molecular flexibility index (Phi) is 8.14. The summed E-state index contributed by atoms with van der Waals surface area (Å²) < 4.78 is 12.1. The minimum absolute atomic E-state index is 0.199. The quantitative estimate of drug-likeness (QED) is 0.480. The zero-order chi connectivity index (χ0) is 25.7. The van der Waals surface area contributed by atoms with E-state index in [1.54, 1.807) is 56.3 Å². The average Bonchev–Trinajstić information content (AvgIpc) is 3.09. The smallest absolute Gasteiger partial charge is 0.321 e. The van der Waals surface area contributed by atoms with Crippen LogP contribution >= 0.6 is 11.6 Å². The third-order valence-corrected chi connectivity index (χ3v) is 5.66. The van der Waals surface area contributed by atoms with Crippen LogP contribution in [0.25, 0.3) is 10.9 Å². The Morgan fingerprint density at radius 3 is 2.40 bits per heavy atom. The van der Waals surface area contributed by atoms with Gasteiger partial charge in [0, 0.05) is 28.2 Å². The molecule has 10 heteroatoms. The highest BCUT2D eigenvalue weighted by Gasteiger charge is 2.25. The van der Waals surface area contributed by atoms with Crippen LogP contribution < -0.4 is 15.4 Å². The van der Waals surface area contributed by atoms with Gasteiger partial charge in [0.1, 0.15) is 5.75 Å². The Morgan fingerprint density at radius 2 is 1.77 bits per heavy atom. The van der Waals surface area contributed by atoms with Gasteiger partial charge in [-0.1, -0.05) is 11.6 Å². The number of hydrogen-bond acceptors (Lipinski definition) is 6. The van der Waals surface area contributed by atoms with Crippen molar-refractivity contribution in [1.82, 2.24) is 15.2 Å². The number of carbonyl (C=O) groups excluding carboxylic acids is 4. The van der Waals surface area contributed by atoms with E-state index in [2.05, 4.69) is 10.6 Å². The van der Waals surface area contributed by atoms with Crippen LogP contribution in [0.3, 0.4) is 0 Å². The van der Waals surface area contributed by atoms with Gasteiger partial charge in [-0.3, -0.25) is 24.3 Å². The van der Waals surface area contributed by atoms with Crippen LogP contribution in [0.5, 0.6) is 5.75 Å². The number of hydrogen-bond donors (Lipinski definition) is 2. The van der Waals surface area contributed by atoms with E-state index in [1.165, 1.54) is 18.6 Å². The van der Waals surface area contributed by atoms with Crippen molar-refractivity contribution in [3.63, 3.8) is 0 Å². The van der Waals surface area contributed by atoms with Gasteiger partial charge in [-0.25, -0.2) is 4.79 Å². The molecule has 0 saturated carbocycles. The first-order valence-electron chi connectivity index (χ1n) is 10.9. The first-order valence-corrected chi connectivity index (χ1v) is 11.3. The molecule has 2 aromatic carbocycles. The van der Waals surface area contributed by atoms with Crippen LogP contribution in [0, 0.1) is 6.92 Å². The third-order valence-electron chi connectivity index (χ3n) is 5.41. The second-order valence-corrected chi connectivity index (χ2v) is 8.19. The lowest BCUT2D eigenvalue weighted by atomic mass is 10.1. The van der Waals surface area contributed by atoms with Gasteiger partial charge in [-0.2, -0.15) is 0 Å². The molecule has 0 unspecified atom stereocenters. The number of imide groups is 1. The van der Waals surface area contributed by atoms with E-state index in [4.69, 9.17) is 21.1 Å². The Bertz CT molecular complexity index is 1280. The summed E-state index contributed by atoms with van der Waals surface area (Å²) in [7, 11) is 1.52. The maximum atomic E-state index is 13.4. The number of methoxy groups -OCH3 is 1. The van der Waals surface area contributed by atoms with Crippen LogP contribution in [0.15, 0.2) is 42.5 Å². The van der Waals surface area contributed by atoms with Crippen molar-refractivity contribution in [3.8, 4) is 5.75 Å². The second kappa shape index (κ2) is 11.1. The third kappa shape index (κ3) is 5.81. The molecule has 0 aliphatic carbocycles. The molecule has 0 bridgehead atoms. The summed E-state index contributed by atoms with van der Waals surface area (Å²) in [5.74, 6) is -1.17. The number of carbonyl (C=O) groups is 4. The molecule has 1 aromatic heterocycles. The Labute approximate surface area is 207 Å². The fraction of sp³-hybridized carbons (Fsp3) is 0.280. The van der Waals surface area contributed by atoms with E-state index in [9.17, 15) is 19.2 Å². The van der Waals surface area contributed by atoms with Crippen molar-refractivity contribution in [1.29, 1.82) is 0 Å². The molecule has 0 fully saturated rings. The first kappa shape index (κ1) is 25.8. The molecular formula is C25H26ClN3O6. The standard InChI is InChI=1S/C25H26ClN3O6/c1-5-27-25(33)28-23(31)15(3)35-22(30)13-19-14(2)29(21-11-10-18(34-4)12-20(19)21)24(32)16-6-8-17(26)9-7-16/h6-12,15H,5,13H2,1-4H3,(H2,27,28,31,33)/t15-/m0/s1. The number of fused-ring (bicyclic) bond motifs is 1. The van der Waals surface area contributed by atoms with Gasteiger partial charge in [0.2, 0.25) is 0 Å². The zero-order valence-corrected chi connectivity index (χ0v) is 20.6. The van der Waals surface area contributed by atoms with E-state index in [1.807, 2.05) is 0 Å². The number of esters is 1. The predicted octanol–water partition coefficient (Wildman–Crippen LogP) is 3.62. The maximum Gasteiger partial charge on any atom is 0.321 e. The van der Waals surface area contributed by atoms with Crippen LogP contribution in [0.1, 0.15) is 35.5 Å². The topological polar surface area (TPSA) is 116 Å². The van der Waals surface area contributed by atoms with Crippen molar-refractivity contribution in [3.05, 3.63) is 64.3 Å². The van der Waals surface area contributed by atoms with Gasteiger partial charge in [-0.15, -0.1) is 0 Å². The van der Waals surface area contributed by atoms with Gasteiger partial charge in [0.15, 0.2) is 6.10 Å². The molecule has 3 rings (SSSR count). The number of rotatable bonds is 7. The monoisotopic (exact) mass is 499 g/mol. The summed E-state index contributed by atoms with van der Waals surface area (Å²) in [6.45, 7) is 5.15. The fourth-order valence-corrected chi connectivity index (χ4v) is 3.78. The van der Waals surface area contributed by atoms with E-state index >= 15 is 0 Å². The Morgan fingerprint density at radius 1 is 1.09 bits per heavy atom. The molecule has 3 aromatic rings. The van der Waals surface area contributed by atoms with Gasteiger partial charge in [0.05, 0.1) is 19.0 Å². The van der Waals surface area contributed by atoms with Crippen LogP contribution in [-0.2, 0) is 20.7 Å². The molecular weight excluding hydrogens is 474 g/mol. The summed E-state index contributed by atoms with van der Waals surface area (Å²) in [5, 5.41) is 5.68. The van der Waals surface area contributed by atoms with Gasteiger partial charge < -0.3 is 14.8 Å². The van der Waals surface area contributed by atoms with Crippen LogP contribution in [0.4, 0.5) is 4.79 Å². The highest BCUT2D eigenvalue weighted by molar-refractivity contribution is 6.30. The molecule has 0 radical (unpaired) electrons. The van der Waals surface area contributed by atoms with Gasteiger partial charge >= 0.3 is 12.0 Å². The SMILES string of the molecule is CCNC(=O)NC(=O)[C@H](C)OC(=O)Cc1c(C)n(C(=O)c2ccc(Cl)cc2)c2ccc(OC)cc12. The number of amides is 3. The summed E-state index contributed by atoms with van der Waals surface area (Å²) >= 11 is 5.96. The summed E-state index contributed by atoms with van der Waals surface area (Å²) in [5.41, 5.74) is 2.12. The summed E-state index contributed by atoms with van der Waals surface area (Å²) in [4.78, 5) is 49.8. The molecule has 1 heterocycles. The lowest BCUT2D eigenvalue weighted by molar-refractivity contribution is -0.153. The lowest BCUT2D eigenvalue weighted by Crippen LogP contribution is -2.44. The largest absolute Gasteiger partial charge is 0.497 e. The molecule has 0 aliphatic rings. The molecule has 1 atom stereocenters. The highest BCUT2D eigenvalue weighted by Crippen LogP contribution is 2.31. The average molecular weight is 500 g/mol. The molecule has 9 nitrogen and oxygen atoms in total. The van der Waals surface area contributed by atoms with Crippen molar-refractivity contribution in [2.75, 3.05) is 13.7 Å². The normalized spacial score (nSPS) is 11.6. The molecule has 35 heavy (non-hydrogen) atoms. The Balaban J connectivity index is 1.91. The first-order chi connectivity index (χ1) is 16.7. The van der Waals surface area contributed by atoms with Crippen molar-refractivity contribution in [2.24, 2.45) is 0 Å². The maximum absolute atomic E-state index is 13.4. The number of urea groups is 1. The summed E-state index contributed by atoms with van der Waals surface area (Å²) in [6.07, 6.45) is -1.39. The van der Waals surface area contributed by atoms with Gasteiger partial charge in [0.25, 0.3) is 11.8 Å². The van der Waals surface area contributed by atoms with Crippen molar-refractivity contribution >= 4 is 46.3 Å². The number of benzene rings is 2. The molecule has 3 amide bonds.